The highest BCUT2D eigenvalue weighted by Gasteiger charge is 2.39. The number of H-pyrrole nitrogens is 1. The number of carboxylic acids is 1. The van der Waals surface area contributed by atoms with Crippen LogP contribution in [0.1, 0.15) is 62.3 Å². The summed E-state index contributed by atoms with van der Waals surface area (Å²) >= 11 is 0. The number of piperidine rings is 1. The second kappa shape index (κ2) is 12.0. The number of aromatic nitrogens is 6. The van der Waals surface area contributed by atoms with E-state index in [1.54, 1.807) is 25.6 Å². The predicted molar refractivity (Wildman–Crippen MR) is 169 cm³/mol. The van der Waals surface area contributed by atoms with Crippen molar-refractivity contribution in [3.63, 3.8) is 0 Å². The van der Waals surface area contributed by atoms with E-state index in [9.17, 15) is 23.1 Å². The number of pyridine rings is 2. The van der Waals surface area contributed by atoms with Gasteiger partial charge in [-0.2, -0.15) is 13.2 Å². The zero-order valence-electron chi connectivity index (χ0n) is 26.3. The predicted octanol–water partition coefficient (Wildman–Crippen LogP) is 5.93. The summed E-state index contributed by atoms with van der Waals surface area (Å²) in [4.78, 5) is 41.5. The Morgan fingerprint density at radius 2 is 1.83 bits per heavy atom. The maximum Gasteiger partial charge on any atom is 0.433 e. The van der Waals surface area contributed by atoms with E-state index in [1.165, 1.54) is 0 Å². The summed E-state index contributed by atoms with van der Waals surface area (Å²) in [5.41, 5.74) is 2.47. The Balaban J connectivity index is 1.26. The van der Waals surface area contributed by atoms with E-state index < -0.39 is 17.8 Å². The number of anilines is 2. The Kier molecular flexibility index (Phi) is 8.01. The van der Waals surface area contributed by atoms with Gasteiger partial charge in [-0.05, 0) is 56.7 Å². The smallest absolute Gasteiger partial charge is 0.433 e. The number of carboxylic acid groups (broad SMARTS) is 1. The van der Waals surface area contributed by atoms with Gasteiger partial charge in [0.2, 0.25) is 0 Å². The summed E-state index contributed by atoms with van der Waals surface area (Å²) in [6, 6.07) is 4.62. The third-order valence-corrected chi connectivity index (χ3v) is 9.77. The van der Waals surface area contributed by atoms with Gasteiger partial charge in [0.05, 0.1) is 36.3 Å². The molecule has 14 heteroatoms. The number of methoxy groups -OCH3 is 1. The van der Waals surface area contributed by atoms with Gasteiger partial charge in [-0.25, -0.2) is 24.9 Å². The number of halogens is 3. The molecular weight excluding hydrogens is 613 g/mol. The SMILES string of the molecule is COCC1(CN(C)c2cc(-c3cc(C4CC4)nc(C(F)(F)F)c3)nc3nc(-c4cnc(N5CCC(C(=O)O)CC5)cn4)[nH]c23)CCC1. The first-order valence-corrected chi connectivity index (χ1v) is 16.0. The second-order valence-electron chi connectivity index (χ2n) is 13.3. The summed E-state index contributed by atoms with van der Waals surface area (Å²) in [5.74, 6) is -0.00513. The third kappa shape index (κ3) is 6.34. The van der Waals surface area contributed by atoms with Crippen molar-refractivity contribution in [3.05, 3.63) is 42.0 Å². The number of aromatic amines is 1. The standard InChI is InChI=1S/C33H37F3N8O3/c1-43(17-32(18-47-2)8-3-9-32)25-14-23(21-12-22(19-4-5-19)39-26(13-21)33(34,35)36)40-30-28(25)41-29(42-30)24-15-38-27(16-37-24)44-10-6-20(7-11-44)31(45)46/h12-16,19-20H,3-11,17-18H2,1-2H3,(H,45,46)(H,40,41,42). The van der Waals surface area contributed by atoms with Crippen LogP contribution in [0.4, 0.5) is 24.7 Å². The van der Waals surface area contributed by atoms with Crippen molar-refractivity contribution in [2.45, 2.75) is 57.0 Å². The average Bonchev–Trinajstić information content (AvgIpc) is 3.81. The van der Waals surface area contributed by atoms with Crippen LogP contribution < -0.4 is 9.80 Å². The van der Waals surface area contributed by atoms with E-state index in [1.807, 2.05) is 18.0 Å². The molecule has 0 unspecified atom stereocenters. The molecule has 4 aromatic heterocycles. The number of ether oxygens (including phenoxy) is 1. The monoisotopic (exact) mass is 650 g/mol. The number of nitrogens with zero attached hydrogens (tertiary/aromatic N) is 7. The van der Waals surface area contributed by atoms with Crippen LogP contribution in [0.3, 0.4) is 0 Å². The molecule has 0 bridgehead atoms. The number of alkyl halides is 3. The van der Waals surface area contributed by atoms with Gasteiger partial charge >= 0.3 is 12.1 Å². The summed E-state index contributed by atoms with van der Waals surface area (Å²) in [6.45, 7) is 2.47. The molecule has 5 heterocycles. The maximum atomic E-state index is 13.9. The Morgan fingerprint density at radius 1 is 1.06 bits per heavy atom. The topological polar surface area (TPSA) is 133 Å². The lowest BCUT2D eigenvalue weighted by Gasteiger charge is -2.44. The van der Waals surface area contributed by atoms with Crippen molar-refractivity contribution >= 4 is 28.6 Å². The van der Waals surface area contributed by atoms with Crippen LogP contribution in [0.25, 0.3) is 33.9 Å². The maximum absolute atomic E-state index is 13.9. The average molecular weight is 651 g/mol. The summed E-state index contributed by atoms with van der Waals surface area (Å²) in [6.07, 6.45) is 4.58. The second-order valence-corrected chi connectivity index (χ2v) is 13.3. The molecule has 248 valence electrons. The molecule has 0 atom stereocenters. The minimum atomic E-state index is -4.59. The number of hydrogen-bond donors (Lipinski definition) is 2. The van der Waals surface area contributed by atoms with E-state index in [2.05, 4.69) is 24.8 Å². The summed E-state index contributed by atoms with van der Waals surface area (Å²) < 4.78 is 47.4. The highest BCUT2D eigenvalue weighted by atomic mass is 19.4. The quantitative estimate of drug-likeness (QED) is 0.213. The molecule has 3 fully saturated rings. The summed E-state index contributed by atoms with van der Waals surface area (Å²) in [5, 5.41) is 9.31. The van der Waals surface area contributed by atoms with E-state index in [-0.39, 0.29) is 17.3 Å². The van der Waals surface area contributed by atoms with Gasteiger partial charge in [0, 0.05) is 56.4 Å². The molecule has 2 saturated carbocycles. The number of carbonyl (C=O) groups is 1. The van der Waals surface area contributed by atoms with Gasteiger partial charge in [-0.3, -0.25) is 4.79 Å². The van der Waals surface area contributed by atoms with Crippen molar-refractivity contribution in [3.8, 4) is 22.8 Å². The summed E-state index contributed by atoms with van der Waals surface area (Å²) in [7, 11) is 3.67. The molecule has 3 aliphatic rings. The Hall–Kier alpha value is -4.33. The van der Waals surface area contributed by atoms with Gasteiger partial charge in [0.25, 0.3) is 0 Å². The van der Waals surface area contributed by atoms with E-state index in [4.69, 9.17) is 14.7 Å². The van der Waals surface area contributed by atoms with Crippen LogP contribution in [0, 0.1) is 11.3 Å². The number of aliphatic carboxylic acids is 1. The molecule has 7 rings (SSSR count). The van der Waals surface area contributed by atoms with Gasteiger partial charge in [0.15, 0.2) is 11.5 Å². The Labute approximate surface area is 269 Å². The normalized spacial score (nSPS) is 18.4. The fourth-order valence-electron chi connectivity index (χ4n) is 6.86. The van der Waals surface area contributed by atoms with Crippen LogP contribution >= 0.6 is 0 Å². The molecule has 0 radical (unpaired) electrons. The van der Waals surface area contributed by atoms with E-state index >= 15 is 0 Å². The van der Waals surface area contributed by atoms with Gasteiger partial charge in [0.1, 0.15) is 22.7 Å². The highest BCUT2D eigenvalue weighted by Crippen LogP contribution is 2.44. The zero-order valence-corrected chi connectivity index (χ0v) is 26.3. The van der Waals surface area contributed by atoms with Crippen molar-refractivity contribution in [2.75, 3.05) is 50.2 Å². The molecule has 2 aliphatic carbocycles. The minimum Gasteiger partial charge on any atom is -0.481 e. The first-order chi connectivity index (χ1) is 22.5. The molecule has 0 aromatic carbocycles. The Bertz CT molecular complexity index is 1780. The minimum absolute atomic E-state index is 0.0123. The third-order valence-electron chi connectivity index (χ3n) is 9.77. The fourth-order valence-corrected chi connectivity index (χ4v) is 6.86. The fraction of sp³-hybridized carbons (Fsp3) is 0.515. The van der Waals surface area contributed by atoms with Gasteiger partial charge < -0.3 is 24.6 Å². The van der Waals surface area contributed by atoms with Crippen LogP contribution in [-0.4, -0.2) is 81.4 Å². The van der Waals surface area contributed by atoms with Crippen LogP contribution in [0.15, 0.2) is 30.6 Å². The zero-order chi connectivity index (χ0) is 32.9. The van der Waals surface area contributed by atoms with Crippen molar-refractivity contribution < 1.29 is 27.8 Å². The van der Waals surface area contributed by atoms with Gasteiger partial charge in [-0.1, -0.05) is 6.42 Å². The molecule has 4 aromatic rings. The number of hydrogen-bond acceptors (Lipinski definition) is 9. The van der Waals surface area contributed by atoms with Crippen molar-refractivity contribution in [1.29, 1.82) is 0 Å². The first kappa shape index (κ1) is 31.3. The van der Waals surface area contributed by atoms with Gasteiger partial charge in [-0.15, -0.1) is 0 Å². The van der Waals surface area contributed by atoms with E-state index in [0.29, 0.717) is 84.5 Å². The first-order valence-electron chi connectivity index (χ1n) is 16.0. The molecular formula is C33H37F3N8O3. The van der Waals surface area contributed by atoms with Crippen LogP contribution in [0.2, 0.25) is 0 Å². The number of nitrogens with one attached hydrogen (secondary N) is 1. The molecule has 1 aliphatic heterocycles. The molecule has 1 saturated heterocycles. The largest absolute Gasteiger partial charge is 0.481 e. The van der Waals surface area contributed by atoms with Crippen LogP contribution in [-0.2, 0) is 15.7 Å². The molecule has 2 N–H and O–H groups in total. The number of fused-ring (bicyclic) bond motifs is 1. The lowest BCUT2D eigenvalue weighted by atomic mass is 9.69. The molecule has 0 spiro atoms. The lowest BCUT2D eigenvalue weighted by Crippen LogP contribution is -2.44. The molecule has 11 nitrogen and oxygen atoms in total. The molecule has 0 amide bonds. The van der Waals surface area contributed by atoms with E-state index in [0.717, 1.165) is 43.9 Å². The lowest BCUT2D eigenvalue weighted by molar-refractivity contribution is -0.142. The van der Waals surface area contributed by atoms with Crippen LogP contribution in [0.5, 0.6) is 0 Å². The molecule has 47 heavy (non-hydrogen) atoms. The highest BCUT2D eigenvalue weighted by molar-refractivity contribution is 5.91. The van der Waals surface area contributed by atoms with Crippen molar-refractivity contribution in [1.82, 2.24) is 29.9 Å². The Morgan fingerprint density at radius 3 is 2.43 bits per heavy atom. The number of imidazole rings is 1. The number of rotatable bonds is 10. The van der Waals surface area contributed by atoms with Crippen molar-refractivity contribution in [2.24, 2.45) is 11.3 Å².